The smallest absolute Gasteiger partial charge is 0.188 e. The fourth-order valence-electron chi connectivity index (χ4n) is 2.20. The number of aliphatic hydroxyl groups excluding tert-OH is 1. The van der Waals surface area contributed by atoms with Crippen LogP contribution in [0.3, 0.4) is 0 Å². The van der Waals surface area contributed by atoms with E-state index < -0.39 is 6.10 Å². The van der Waals surface area contributed by atoms with Gasteiger partial charge in [-0.25, -0.2) is 0 Å². The van der Waals surface area contributed by atoms with E-state index >= 15 is 0 Å². The second-order valence-corrected chi connectivity index (χ2v) is 5.79. The third-order valence-corrected chi connectivity index (χ3v) is 3.19. The van der Waals surface area contributed by atoms with Gasteiger partial charge in [0.2, 0.25) is 0 Å². The second-order valence-electron chi connectivity index (χ2n) is 5.79. The van der Waals surface area contributed by atoms with Crippen LogP contribution in [-0.2, 0) is 4.74 Å². The maximum atomic E-state index is 9.70. The van der Waals surface area contributed by atoms with Gasteiger partial charge in [-0.05, 0) is 18.8 Å². The number of hydrogen-bond acceptors (Lipinski definition) is 3. The molecule has 0 heterocycles. The van der Waals surface area contributed by atoms with Crippen molar-refractivity contribution in [3.8, 4) is 0 Å². The molecule has 19 heavy (non-hydrogen) atoms. The van der Waals surface area contributed by atoms with Crippen molar-refractivity contribution in [2.24, 2.45) is 16.6 Å². The van der Waals surface area contributed by atoms with E-state index in [1.807, 2.05) is 0 Å². The molecule has 0 amide bonds. The summed E-state index contributed by atoms with van der Waals surface area (Å²) in [6.07, 6.45) is 5.59. The molecule has 1 atom stereocenters. The Kier molecular flexibility index (Phi) is 7.82. The average Bonchev–Trinajstić information content (AvgIpc) is 2.37. The van der Waals surface area contributed by atoms with Crippen LogP contribution in [0.1, 0.15) is 46.0 Å². The molecule has 0 spiro atoms. The molecule has 1 aliphatic carbocycles. The number of nitrogens with two attached hydrogens (primary N) is 1. The third kappa shape index (κ3) is 8.06. The van der Waals surface area contributed by atoms with Crippen LogP contribution in [0.25, 0.3) is 0 Å². The van der Waals surface area contributed by atoms with E-state index in [0.29, 0.717) is 37.7 Å². The predicted octanol–water partition coefficient (Wildman–Crippen LogP) is 1.26. The lowest BCUT2D eigenvalue weighted by Gasteiger charge is -2.23. The van der Waals surface area contributed by atoms with Gasteiger partial charge in [0.05, 0.1) is 19.3 Å². The van der Waals surface area contributed by atoms with E-state index in [1.54, 1.807) is 0 Å². The highest BCUT2D eigenvalue weighted by atomic mass is 16.5. The van der Waals surface area contributed by atoms with Crippen molar-refractivity contribution in [1.29, 1.82) is 0 Å². The van der Waals surface area contributed by atoms with Crippen LogP contribution >= 0.6 is 0 Å². The van der Waals surface area contributed by atoms with E-state index in [1.165, 1.54) is 19.3 Å². The minimum atomic E-state index is -0.578. The Morgan fingerprint density at radius 2 is 2.00 bits per heavy atom. The van der Waals surface area contributed by atoms with E-state index in [2.05, 4.69) is 24.2 Å². The van der Waals surface area contributed by atoms with E-state index in [-0.39, 0.29) is 0 Å². The largest absolute Gasteiger partial charge is 0.389 e. The molecule has 1 saturated carbocycles. The molecule has 5 nitrogen and oxygen atoms in total. The molecule has 0 radical (unpaired) electrons. The molecule has 1 fully saturated rings. The first kappa shape index (κ1) is 16.2. The fourth-order valence-corrected chi connectivity index (χ4v) is 2.20. The lowest BCUT2D eigenvalue weighted by molar-refractivity contribution is 0.0301. The standard InChI is InChI=1S/C14H29N3O2/c1-11(2)9-19-10-13(18)8-16-14(15)17-12-6-4-3-5-7-12/h11-13,18H,3-10H2,1-2H3,(H3,15,16,17). The lowest BCUT2D eigenvalue weighted by Crippen LogP contribution is -2.41. The number of aliphatic imine (C=N–C) groups is 1. The van der Waals surface area contributed by atoms with Crippen LogP contribution in [0, 0.1) is 5.92 Å². The SMILES string of the molecule is CC(C)COCC(O)CN=C(N)NC1CCCCC1. The normalized spacial score (nSPS) is 19.7. The molecule has 1 unspecified atom stereocenters. The number of rotatable bonds is 7. The summed E-state index contributed by atoms with van der Waals surface area (Å²) in [7, 11) is 0. The number of ether oxygens (including phenoxy) is 1. The zero-order valence-electron chi connectivity index (χ0n) is 12.3. The third-order valence-electron chi connectivity index (χ3n) is 3.19. The summed E-state index contributed by atoms with van der Waals surface area (Å²) in [5, 5.41) is 12.9. The molecule has 0 aromatic heterocycles. The minimum absolute atomic E-state index is 0.295. The van der Waals surface area contributed by atoms with Crippen LogP contribution in [0.4, 0.5) is 0 Å². The number of guanidine groups is 1. The first-order chi connectivity index (χ1) is 9.08. The molecule has 112 valence electrons. The Bertz CT molecular complexity index is 263. The topological polar surface area (TPSA) is 79.9 Å². The van der Waals surface area contributed by atoms with Crippen molar-refractivity contribution in [3.05, 3.63) is 0 Å². The zero-order valence-corrected chi connectivity index (χ0v) is 12.3. The van der Waals surface area contributed by atoms with Crippen molar-refractivity contribution in [2.75, 3.05) is 19.8 Å². The fraction of sp³-hybridized carbons (Fsp3) is 0.929. The Labute approximate surface area is 116 Å². The summed E-state index contributed by atoms with van der Waals surface area (Å²) in [5.74, 6) is 0.920. The van der Waals surface area contributed by atoms with Crippen LogP contribution in [0.5, 0.6) is 0 Å². The predicted molar refractivity (Wildman–Crippen MR) is 78.2 cm³/mol. The van der Waals surface area contributed by atoms with Crippen molar-refractivity contribution in [1.82, 2.24) is 5.32 Å². The van der Waals surface area contributed by atoms with Crippen molar-refractivity contribution < 1.29 is 9.84 Å². The quantitative estimate of drug-likeness (QED) is 0.481. The number of nitrogens with one attached hydrogen (secondary N) is 1. The van der Waals surface area contributed by atoms with Gasteiger partial charge in [-0.2, -0.15) is 0 Å². The maximum Gasteiger partial charge on any atom is 0.188 e. The highest BCUT2D eigenvalue weighted by molar-refractivity contribution is 5.78. The molecule has 1 aliphatic rings. The van der Waals surface area contributed by atoms with Gasteiger partial charge in [0, 0.05) is 12.6 Å². The van der Waals surface area contributed by atoms with E-state index in [0.717, 1.165) is 12.8 Å². The Hall–Kier alpha value is -0.810. The summed E-state index contributed by atoms with van der Waals surface area (Å²) in [6.45, 7) is 5.44. The summed E-state index contributed by atoms with van der Waals surface area (Å²) in [5.41, 5.74) is 5.82. The Morgan fingerprint density at radius 1 is 1.32 bits per heavy atom. The second kappa shape index (κ2) is 9.15. The monoisotopic (exact) mass is 271 g/mol. The Morgan fingerprint density at radius 3 is 2.63 bits per heavy atom. The molecule has 1 rings (SSSR count). The van der Waals surface area contributed by atoms with Crippen LogP contribution in [0.15, 0.2) is 4.99 Å². The molecule has 5 heteroatoms. The Balaban J connectivity index is 2.14. The van der Waals surface area contributed by atoms with E-state index in [4.69, 9.17) is 10.5 Å². The van der Waals surface area contributed by atoms with Crippen LogP contribution in [0.2, 0.25) is 0 Å². The zero-order chi connectivity index (χ0) is 14.1. The maximum absolute atomic E-state index is 9.70. The van der Waals surface area contributed by atoms with Crippen molar-refractivity contribution in [3.63, 3.8) is 0 Å². The van der Waals surface area contributed by atoms with Gasteiger partial charge >= 0.3 is 0 Å². The molecule has 0 bridgehead atoms. The van der Waals surface area contributed by atoms with Gasteiger partial charge in [-0.3, -0.25) is 4.99 Å². The molecular formula is C14H29N3O2. The van der Waals surface area contributed by atoms with Crippen molar-refractivity contribution in [2.45, 2.75) is 58.1 Å². The molecule has 0 aromatic carbocycles. The van der Waals surface area contributed by atoms with Gasteiger partial charge in [-0.1, -0.05) is 33.1 Å². The van der Waals surface area contributed by atoms with Gasteiger partial charge in [0.15, 0.2) is 5.96 Å². The molecule has 0 saturated heterocycles. The molecule has 4 N–H and O–H groups in total. The van der Waals surface area contributed by atoms with E-state index in [9.17, 15) is 5.11 Å². The van der Waals surface area contributed by atoms with Gasteiger partial charge in [-0.15, -0.1) is 0 Å². The molecule has 0 aromatic rings. The van der Waals surface area contributed by atoms with Gasteiger partial charge in [0.1, 0.15) is 0 Å². The summed E-state index contributed by atoms with van der Waals surface area (Å²) >= 11 is 0. The lowest BCUT2D eigenvalue weighted by atomic mass is 9.96. The van der Waals surface area contributed by atoms with Gasteiger partial charge < -0.3 is 20.9 Å². The number of hydrogen-bond donors (Lipinski definition) is 3. The highest BCUT2D eigenvalue weighted by Crippen LogP contribution is 2.16. The highest BCUT2D eigenvalue weighted by Gasteiger charge is 2.13. The first-order valence-electron chi connectivity index (χ1n) is 7.40. The first-order valence-corrected chi connectivity index (χ1v) is 7.40. The summed E-state index contributed by atoms with van der Waals surface area (Å²) < 4.78 is 5.36. The van der Waals surface area contributed by atoms with Crippen LogP contribution < -0.4 is 11.1 Å². The molecular weight excluding hydrogens is 242 g/mol. The summed E-state index contributed by atoms with van der Waals surface area (Å²) in [4.78, 5) is 4.17. The number of aliphatic hydroxyl groups is 1. The minimum Gasteiger partial charge on any atom is -0.389 e. The van der Waals surface area contributed by atoms with Gasteiger partial charge in [0.25, 0.3) is 0 Å². The average molecular weight is 271 g/mol. The van der Waals surface area contributed by atoms with Crippen molar-refractivity contribution >= 4 is 5.96 Å². The summed E-state index contributed by atoms with van der Waals surface area (Å²) in [6, 6.07) is 0.451. The number of nitrogens with zero attached hydrogens (tertiary/aromatic N) is 1. The van der Waals surface area contributed by atoms with Crippen LogP contribution in [-0.4, -0.2) is 43.0 Å². The molecule has 0 aliphatic heterocycles.